The molecule has 1 aromatic rings. The molecule has 3 fully saturated rings. The number of hydrogen-bond donors (Lipinski definition) is 1. The van der Waals surface area contributed by atoms with Crippen molar-refractivity contribution in [2.24, 2.45) is 11.8 Å². The van der Waals surface area contributed by atoms with Crippen LogP contribution in [-0.4, -0.2) is 104 Å². The van der Waals surface area contributed by atoms with Crippen molar-refractivity contribution in [1.82, 2.24) is 9.80 Å². The lowest BCUT2D eigenvalue weighted by Gasteiger charge is -2.40. The summed E-state index contributed by atoms with van der Waals surface area (Å²) >= 11 is 0. The van der Waals surface area contributed by atoms with Crippen molar-refractivity contribution in [2.75, 3.05) is 57.4 Å². The molecule has 4 aliphatic rings. The van der Waals surface area contributed by atoms with Crippen LogP contribution in [0.5, 0.6) is 0 Å². The second-order valence-corrected chi connectivity index (χ2v) is 14.0. The third kappa shape index (κ3) is 10.0. The molecule has 5 rings (SSSR count). The fourth-order valence-electron chi connectivity index (χ4n) is 7.37. The van der Waals surface area contributed by atoms with E-state index in [1.807, 2.05) is 50.0 Å². The van der Waals surface area contributed by atoms with E-state index < -0.39 is 24.3 Å². The first-order valence-electron chi connectivity index (χ1n) is 17.7. The highest BCUT2D eigenvalue weighted by Gasteiger charge is 2.31. The molecule has 260 valence electrons. The number of morpholine rings is 1. The molecule has 10 heteroatoms. The van der Waals surface area contributed by atoms with Crippen LogP contribution in [0, 0.1) is 17.7 Å². The van der Waals surface area contributed by atoms with Gasteiger partial charge in [-0.25, -0.2) is 9.18 Å². The molecule has 0 bridgehead atoms. The third-order valence-corrected chi connectivity index (χ3v) is 10.2. The molecule has 47 heavy (non-hydrogen) atoms. The van der Waals surface area contributed by atoms with E-state index in [-0.39, 0.29) is 30.2 Å². The van der Waals surface area contributed by atoms with Gasteiger partial charge in [0.1, 0.15) is 18.0 Å². The van der Waals surface area contributed by atoms with Gasteiger partial charge in [-0.15, -0.1) is 0 Å². The first kappa shape index (κ1) is 35.4. The number of aliphatic hydroxyl groups excluding tert-OH is 1. The van der Waals surface area contributed by atoms with Gasteiger partial charge in [0.15, 0.2) is 0 Å². The van der Waals surface area contributed by atoms with Gasteiger partial charge in [-0.1, -0.05) is 32.4 Å². The van der Waals surface area contributed by atoms with Crippen molar-refractivity contribution in [3.63, 3.8) is 0 Å². The van der Waals surface area contributed by atoms with Crippen LogP contribution in [0.2, 0.25) is 0 Å². The van der Waals surface area contributed by atoms with Crippen LogP contribution in [0.15, 0.2) is 35.9 Å². The Kier molecular flexibility index (Phi) is 12.7. The molecular weight excluding hydrogens is 601 g/mol. The van der Waals surface area contributed by atoms with Gasteiger partial charge in [-0.3, -0.25) is 4.79 Å². The lowest BCUT2D eigenvalue weighted by Crippen LogP contribution is -2.48. The average molecular weight is 656 g/mol. The van der Waals surface area contributed by atoms with E-state index in [0.717, 1.165) is 37.2 Å². The zero-order valence-electron chi connectivity index (χ0n) is 28.4. The molecule has 4 aliphatic heterocycles. The molecule has 5 atom stereocenters. The van der Waals surface area contributed by atoms with E-state index in [0.29, 0.717) is 63.8 Å². The Morgan fingerprint density at radius 1 is 0.957 bits per heavy atom. The third-order valence-electron chi connectivity index (χ3n) is 10.2. The fraction of sp³-hybridized carbons (Fsp3) is 0.676. The van der Waals surface area contributed by atoms with Gasteiger partial charge in [0.2, 0.25) is 0 Å². The predicted octanol–water partition coefficient (Wildman–Crippen LogP) is 5.81. The van der Waals surface area contributed by atoms with Crippen LogP contribution in [-0.2, 0) is 19.0 Å². The zero-order chi connectivity index (χ0) is 33.3. The van der Waals surface area contributed by atoms with Gasteiger partial charge >= 0.3 is 12.1 Å². The van der Waals surface area contributed by atoms with Gasteiger partial charge in [0.25, 0.3) is 0 Å². The Hall–Kier alpha value is -2.95. The molecule has 1 N–H and O–H groups in total. The van der Waals surface area contributed by atoms with Crippen molar-refractivity contribution < 1.29 is 33.3 Å². The molecule has 0 unspecified atom stereocenters. The van der Waals surface area contributed by atoms with Crippen LogP contribution in [0.25, 0.3) is 6.08 Å². The number of carbonyl (C=O) groups excluding carboxylic acids is 2. The van der Waals surface area contributed by atoms with E-state index in [9.17, 15) is 19.1 Å². The van der Waals surface area contributed by atoms with Crippen LogP contribution in [0.1, 0.15) is 77.7 Å². The van der Waals surface area contributed by atoms with Gasteiger partial charge < -0.3 is 34.0 Å². The number of benzene rings is 1. The molecule has 0 aromatic heterocycles. The number of aliphatic hydroxyl groups is 1. The second kappa shape index (κ2) is 16.9. The molecule has 4 heterocycles. The number of nitrogens with zero attached hydrogens (tertiary/aromatic N) is 3. The monoisotopic (exact) mass is 655 g/mol. The number of rotatable bonds is 5. The lowest BCUT2D eigenvalue weighted by atomic mass is 9.91. The highest BCUT2D eigenvalue weighted by Crippen LogP contribution is 2.28. The maximum absolute atomic E-state index is 14.7. The van der Waals surface area contributed by atoms with Gasteiger partial charge in [0.05, 0.1) is 25.7 Å². The van der Waals surface area contributed by atoms with Crippen LogP contribution < -0.4 is 4.90 Å². The van der Waals surface area contributed by atoms with Crippen molar-refractivity contribution >= 4 is 23.8 Å². The van der Waals surface area contributed by atoms with E-state index in [4.69, 9.17) is 14.2 Å². The molecule has 1 aromatic carbocycles. The zero-order valence-corrected chi connectivity index (χ0v) is 28.4. The summed E-state index contributed by atoms with van der Waals surface area (Å²) in [5, 5.41) is 10.7. The number of anilines is 1. The quantitative estimate of drug-likeness (QED) is 0.314. The Morgan fingerprint density at radius 2 is 1.68 bits per heavy atom. The summed E-state index contributed by atoms with van der Waals surface area (Å²) < 4.78 is 32.3. The minimum atomic E-state index is -0.863. The number of piperidine rings is 2. The number of ether oxygens (including phenoxy) is 3. The predicted molar refractivity (Wildman–Crippen MR) is 181 cm³/mol. The molecule has 0 spiro atoms. The summed E-state index contributed by atoms with van der Waals surface area (Å²) in [6, 6.07) is 5.48. The Balaban J connectivity index is 1.29. The largest absolute Gasteiger partial charge is 0.457 e. The molecule has 3 saturated heterocycles. The standard InChI is InChI=1S/C37H54FN3O6/c1-26-7-9-33(42)25-35(43)47-36(28(3)21-29-22-30(38)24-32(23-29)40-17-19-45-20-18-40)27(2)8-10-34(26)46-37(44)41-15-11-31(12-16-41)39-13-5-4-6-14-39/h8,10,21-24,26-27,31,33-34,36,42H,4-7,9,11-20,25H2,1-3H3/b10-8?,28-21+/t26-,27-,33+,34-,36-/m0/s1. The van der Waals surface area contributed by atoms with E-state index in [1.54, 1.807) is 0 Å². The van der Waals surface area contributed by atoms with E-state index >= 15 is 0 Å². The number of likely N-dealkylation sites (tertiary alicyclic amines) is 2. The van der Waals surface area contributed by atoms with Crippen molar-refractivity contribution in [3.8, 4) is 0 Å². The maximum atomic E-state index is 14.7. The molecule has 9 nitrogen and oxygen atoms in total. The topological polar surface area (TPSA) is 91.8 Å². The normalized spacial score (nSPS) is 29.5. The summed E-state index contributed by atoms with van der Waals surface area (Å²) in [6.07, 6.45) is 10.0. The summed E-state index contributed by atoms with van der Waals surface area (Å²) in [5.41, 5.74) is 2.21. The number of halogens is 1. The number of carbonyl (C=O) groups is 2. The first-order chi connectivity index (χ1) is 22.7. The van der Waals surface area contributed by atoms with E-state index in [2.05, 4.69) is 9.80 Å². The molecule has 0 radical (unpaired) electrons. The van der Waals surface area contributed by atoms with Crippen molar-refractivity contribution in [2.45, 2.75) is 96.5 Å². The van der Waals surface area contributed by atoms with Crippen LogP contribution in [0.3, 0.4) is 0 Å². The van der Waals surface area contributed by atoms with Crippen LogP contribution in [0.4, 0.5) is 14.9 Å². The van der Waals surface area contributed by atoms with E-state index in [1.165, 1.54) is 31.4 Å². The minimum Gasteiger partial charge on any atom is -0.457 e. The van der Waals surface area contributed by atoms with Crippen molar-refractivity contribution in [3.05, 3.63) is 47.3 Å². The Bertz CT molecular complexity index is 1250. The lowest BCUT2D eigenvalue weighted by molar-refractivity contribution is -0.151. The minimum absolute atomic E-state index is 0.0561. The van der Waals surface area contributed by atoms with Gasteiger partial charge in [0, 0.05) is 43.8 Å². The fourth-order valence-corrected chi connectivity index (χ4v) is 7.37. The van der Waals surface area contributed by atoms with Crippen molar-refractivity contribution in [1.29, 1.82) is 0 Å². The Labute approximate surface area is 279 Å². The molecule has 0 saturated carbocycles. The molecular formula is C37H54FN3O6. The average Bonchev–Trinajstić information content (AvgIpc) is 3.07. The number of esters is 1. The van der Waals surface area contributed by atoms with Crippen LogP contribution >= 0.6 is 0 Å². The summed E-state index contributed by atoms with van der Waals surface area (Å²) in [5.74, 6) is -1.14. The number of hydrogen-bond acceptors (Lipinski definition) is 8. The summed E-state index contributed by atoms with van der Waals surface area (Å²) in [7, 11) is 0. The summed E-state index contributed by atoms with van der Waals surface area (Å²) in [6.45, 7) is 12.1. The molecule has 1 amide bonds. The highest BCUT2D eigenvalue weighted by atomic mass is 19.1. The second-order valence-electron chi connectivity index (χ2n) is 14.0. The SMILES string of the molecule is C/C(=C\c1cc(F)cc(N2CCOCC2)c1)[C@H]1OC(=O)C[C@H](O)CC[C@H](C)[C@@H](OC(=O)N2CCC(N3CCCCC3)CC2)C=C[C@@H]1C. The summed E-state index contributed by atoms with van der Waals surface area (Å²) in [4.78, 5) is 32.8. The highest BCUT2D eigenvalue weighted by molar-refractivity contribution is 5.71. The molecule has 0 aliphatic carbocycles. The van der Waals surface area contributed by atoms with Gasteiger partial charge in [-0.2, -0.15) is 0 Å². The Morgan fingerprint density at radius 3 is 2.40 bits per heavy atom. The van der Waals surface area contributed by atoms with Gasteiger partial charge in [-0.05, 0) is 99.9 Å². The number of amides is 1. The maximum Gasteiger partial charge on any atom is 0.410 e. The smallest absolute Gasteiger partial charge is 0.410 e. The number of cyclic esters (lactones) is 1. The first-order valence-corrected chi connectivity index (χ1v) is 17.7.